The maximum Gasteiger partial charge on any atom is 0.209 e. The van der Waals surface area contributed by atoms with Crippen molar-refractivity contribution in [3.8, 4) is 11.4 Å². The summed E-state index contributed by atoms with van der Waals surface area (Å²) in [5, 5.41) is 0. The summed E-state index contributed by atoms with van der Waals surface area (Å²) in [6.07, 6.45) is 0. The van der Waals surface area contributed by atoms with E-state index in [2.05, 4.69) is 56.1 Å². The van der Waals surface area contributed by atoms with Crippen molar-refractivity contribution in [2.24, 2.45) is 4.99 Å². The van der Waals surface area contributed by atoms with E-state index in [-0.39, 0.29) is 0 Å². The van der Waals surface area contributed by atoms with Crippen molar-refractivity contribution >= 4 is 62.1 Å². The van der Waals surface area contributed by atoms with Gasteiger partial charge in [0.1, 0.15) is 11.7 Å². The Morgan fingerprint density at radius 1 is 0.711 bits per heavy atom. The normalized spacial score (nSPS) is 11.5. The van der Waals surface area contributed by atoms with Crippen molar-refractivity contribution in [2.75, 3.05) is 0 Å². The molecule has 0 amide bonds. The molecule has 0 N–H and O–H groups in total. The molecule has 0 saturated carbocycles. The number of aromatic nitrogens is 3. The lowest BCUT2D eigenvalue weighted by molar-refractivity contribution is 0.703. The molecule has 0 aliphatic heterocycles. The van der Waals surface area contributed by atoms with Crippen molar-refractivity contribution in [3.05, 3.63) is 144 Å². The van der Waals surface area contributed by atoms with E-state index in [9.17, 15) is 0 Å². The summed E-state index contributed by atoms with van der Waals surface area (Å²) in [5.74, 6) is 1.37. The first-order chi connectivity index (χ1) is 18.5. The highest BCUT2D eigenvalue weighted by atomic mass is 79.9. The summed E-state index contributed by atoms with van der Waals surface area (Å²) in [5.41, 5.74) is 4.03. The van der Waals surface area contributed by atoms with Gasteiger partial charge in [0, 0.05) is 20.1 Å². The van der Waals surface area contributed by atoms with Gasteiger partial charge in [0.2, 0.25) is 4.77 Å². The van der Waals surface area contributed by atoms with Crippen LogP contribution >= 0.6 is 56.3 Å². The fourth-order valence-corrected chi connectivity index (χ4v) is 5.21. The fraction of sp³-hybridized carbons (Fsp3) is 0.0667. The van der Waals surface area contributed by atoms with Crippen molar-refractivity contribution in [2.45, 2.75) is 13.1 Å². The molecule has 4 aromatic carbocycles. The van der Waals surface area contributed by atoms with Crippen LogP contribution in [0.15, 0.2) is 123 Å². The molecule has 0 spiro atoms. The van der Waals surface area contributed by atoms with Gasteiger partial charge in [0.05, 0.1) is 13.1 Å². The number of rotatable bonds is 6. The second-order valence-corrected chi connectivity index (χ2v) is 11.1. The third kappa shape index (κ3) is 6.15. The van der Waals surface area contributed by atoms with E-state index in [1.807, 2.05) is 94.1 Å². The van der Waals surface area contributed by atoms with Gasteiger partial charge in [-0.2, -0.15) is 0 Å². The smallest absolute Gasteiger partial charge is 0.209 e. The largest absolute Gasteiger partial charge is 0.298 e. The second kappa shape index (κ2) is 12.2. The highest BCUT2D eigenvalue weighted by Gasteiger charge is 2.16. The van der Waals surface area contributed by atoms with Crippen molar-refractivity contribution in [3.63, 3.8) is 0 Å². The Morgan fingerprint density at radius 2 is 1.26 bits per heavy atom. The summed E-state index contributed by atoms with van der Waals surface area (Å²) >= 11 is 19.1. The molecule has 5 aromatic rings. The molecule has 8 heteroatoms. The number of hydrogen-bond donors (Lipinski definition) is 0. The van der Waals surface area contributed by atoms with Crippen molar-refractivity contribution in [1.82, 2.24) is 14.1 Å². The monoisotopic (exact) mass is 660 g/mol. The molecule has 0 aliphatic rings. The third-order valence-corrected chi connectivity index (χ3v) is 7.66. The third-order valence-electron chi connectivity index (χ3n) is 5.93. The molecule has 0 radical (unpaired) electrons. The summed E-state index contributed by atoms with van der Waals surface area (Å²) in [4.78, 5) is 9.94. The van der Waals surface area contributed by atoms with Gasteiger partial charge in [-0.25, -0.2) is 9.55 Å². The minimum Gasteiger partial charge on any atom is -0.298 e. The van der Waals surface area contributed by atoms with E-state index < -0.39 is 0 Å². The number of halogens is 2. The zero-order valence-corrected chi connectivity index (χ0v) is 25.0. The first-order valence-electron chi connectivity index (χ1n) is 11.9. The quantitative estimate of drug-likeness (QED) is 0.104. The van der Waals surface area contributed by atoms with Gasteiger partial charge in [-0.05, 0) is 59.8 Å². The summed E-state index contributed by atoms with van der Waals surface area (Å²) in [6, 6.07) is 36.4. The lowest BCUT2D eigenvalue weighted by atomic mass is 10.2. The number of nitrogens with zero attached hydrogens (tertiary/aromatic N) is 4. The number of benzene rings is 4. The van der Waals surface area contributed by atoms with Crippen LogP contribution in [0.25, 0.3) is 11.4 Å². The first-order valence-corrected chi connectivity index (χ1v) is 14.3. The molecular formula is C30H22Br2N4S2. The average Bonchev–Trinajstić information content (AvgIpc) is 2.94. The minimum absolute atomic E-state index is 0.354. The van der Waals surface area contributed by atoms with Crippen LogP contribution in [-0.2, 0) is 13.1 Å². The Balaban J connectivity index is 1.73. The molecule has 0 unspecified atom stereocenters. The lowest BCUT2D eigenvalue weighted by Crippen LogP contribution is -2.23. The van der Waals surface area contributed by atoms with E-state index >= 15 is 0 Å². The van der Waals surface area contributed by atoms with Crippen LogP contribution in [-0.4, -0.2) is 20.0 Å². The van der Waals surface area contributed by atoms with Crippen LogP contribution in [0.4, 0.5) is 0 Å². The maximum absolute atomic E-state index is 6.14. The van der Waals surface area contributed by atoms with Crippen LogP contribution in [0.3, 0.4) is 0 Å². The molecular weight excluding hydrogens is 640 g/mol. The lowest BCUT2D eigenvalue weighted by Gasteiger charge is -2.19. The Bertz CT molecular complexity index is 1690. The summed E-state index contributed by atoms with van der Waals surface area (Å²) in [6.45, 7) is 1.02. The van der Waals surface area contributed by atoms with Crippen molar-refractivity contribution < 1.29 is 0 Å². The Labute approximate surface area is 248 Å². The molecule has 0 atom stereocenters. The van der Waals surface area contributed by atoms with Crippen LogP contribution in [0.2, 0.25) is 0 Å². The summed E-state index contributed by atoms with van der Waals surface area (Å²) in [7, 11) is 0. The van der Waals surface area contributed by atoms with Crippen LogP contribution in [0.1, 0.15) is 16.7 Å². The first kappa shape index (κ1) is 26.6. The van der Waals surface area contributed by atoms with Crippen molar-refractivity contribution in [1.29, 1.82) is 0 Å². The van der Waals surface area contributed by atoms with E-state index in [0.29, 0.717) is 34.3 Å². The molecule has 0 aliphatic carbocycles. The SMILES string of the molecule is S=c1nc(-c2ccc(Br)cc2)n(Cc2ccccc2)c(=S)n1C(=NCc1ccccc1)c1ccc(Br)cc1. The Hall–Kier alpha value is -3.04. The number of hydrogen-bond acceptors (Lipinski definition) is 4. The molecule has 0 bridgehead atoms. The van der Waals surface area contributed by atoms with E-state index in [4.69, 9.17) is 34.4 Å². The average molecular weight is 662 g/mol. The molecule has 188 valence electrons. The zero-order valence-electron chi connectivity index (χ0n) is 20.2. The maximum atomic E-state index is 6.14. The van der Waals surface area contributed by atoms with Gasteiger partial charge >= 0.3 is 0 Å². The van der Waals surface area contributed by atoms with Crippen LogP contribution < -0.4 is 0 Å². The molecule has 38 heavy (non-hydrogen) atoms. The Kier molecular flexibility index (Phi) is 8.54. The van der Waals surface area contributed by atoms with E-state index in [0.717, 1.165) is 31.2 Å². The predicted molar refractivity (Wildman–Crippen MR) is 167 cm³/mol. The van der Waals surface area contributed by atoms with Gasteiger partial charge in [0.25, 0.3) is 0 Å². The molecule has 4 nitrogen and oxygen atoms in total. The fourth-order valence-electron chi connectivity index (χ4n) is 4.04. The van der Waals surface area contributed by atoms with E-state index in [1.54, 1.807) is 0 Å². The van der Waals surface area contributed by atoms with Gasteiger partial charge in [-0.3, -0.25) is 9.56 Å². The Morgan fingerprint density at radius 3 is 1.87 bits per heavy atom. The van der Waals surface area contributed by atoms with Crippen LogP contribution in [0, 0.1) is 9.54 Å². The van der Waals surface area contributed by atoms with Crippen LogP contribution in [0.5, 0.6) is 0 Å². The molecule has 1 heterocycles. The van der Waals surface area contributed by atoms with Gasteiger partial charge in [-0.1, -0.05) is 117 Å². The van der Waals surface area contributed by atoms with Gasteiger partial charge in [0.15, 0.2) is 4.77 Å². The minimum atomic E-state index is 0.354. The highest BCUT2D eigenvalue weighted by Crippen LogP contribution is 2.23. The zero-order chi connectivity index (χ0) is 26.5. The van der Waals surface area contributed by atoms with Gasteiger partial charge in [-0.15, -0.1) is 0 Å². The summed E-state index contributed by atoms with van der Waals surface area (Å²) < 4.78 is 6.69. The predicted octanol–water partition coefficient (Wildman–Crippen LogP) is 8.88. The molecule has 5 rings (SSSR count). The van der Waals surface area contributed by atoms with Gasteiger partial charge < -0.3 is 0 Å². The standard InChI is InChI=1S/C30H22Br2N4S2/c31-25-15-11-23(12-16-25)27(33-19-21-7-3-1-4-8-21)36-29(37)34-28(24-13-17-26(32)18-14-24)35(30(36)38)20-22-9-5-2-6-10-22/h1-18H,19-20H2. The highest BCUT2D eigenvalue weighted by molar-refractivity contribution is 9.10. The topological polar surface area (TPSA) is 35.1 Å². The van der Waals surface area contributed by atoms with E-state index in [1.165, 1.54) is 0 Å². The second-order valence-electron chi connectivity index (χ2n) is 8.55. The molecule has 0 saturated heterocycles. The molecule has 1 aromatic heterocycles. The number of aliphatic imine (C=N–C) groups is 1. The molecule has 0 fully saturated rings.